The van der Waals surface area contributed by atoms with E-state index in [-0.39, 0.29) is 11.3 Å². The Morgan fingerprint density at radius 2 is 1.61 bits per heavy atom. The third-order valence-corrected chi connectivity index (χ3v) is 5.02. The largest absolute Gasteiger partial charge is 0.573 e. The zero-order valence-corrected chi connectivity index (χ0v) is 17.8. The monoisotopic (exact) mass is 457 g/mol. The molecule has 4 rings (SSSR count). The van der Waals surface area contributed by atoms with E-state index in [1.54, 1.807) is 24.3 Å². The summed E-state index contributed by atoms with van der Waals surface area (Å²) in [6.07, 6.45) is -2.46. The number of anilines is 4. The van der Waals surface area contributed by atoms with Gasteiger partial charge in [0.15, 0.2) is 0 Å². The molecule has 0 unspecified atom stereocenters. The van der Waals surface area contributed by atoms with Crippen LogP contribution in [-0.4, -0.2) is 35.3 Å². The second-order valence-electron chi connectivity index (χ2n) is 7.61. The minimum absolute atomic E-state index is 0.203. The average Bonchev–Trinajstić information content (AvgIpc) is 3.29. The summed E-state index contributed by atoms with van der Waals surface area (Å²) in [7, 11) is 0. The molecule has 172 valence electrons. The second-order valence-corrected chi connectivity index (χ2v) is 7.61. The highest BCUT2D eigenvalue weighted by Crippen LogP contribution is 2.24. The zero-order valence-electron chi connectivity index (χ0n) is 17.8. The highest BCUT2D eigenvalue weighted by molar-refractivity contribution is 6.04. The van der Waals surface area contributed by atoms with E-state index in [9.17, 15) is 18.0 Å². The van der Waals surface area contributed by atoms with Crippen LogP contribution in [0.3, 0.4) is 0 Å². The molecular formula is C23H22F3N5O2. The Morgan fingerprint density at radius 3 is 2.24 bits per heavy atom. The van der Waals surface area contributed by atoms with Crippen molar-refractivity contribution in [1.29, 1.82) is 0 Å². The molecule has 0 bridgehead atoms. The third-order valence-electron chi connectivity index (χ3n) is 5.02. The van der Waals surface area contributed by atoms with Crippen LogP contribution in [0, 0.1) is 6.92 Å². The molecule has 3 aromatic rings. The van der Waals surface area contributed by atoms with E-state index in [1.165, 1.54) is 12.1 Å². The number of carbonyl (C=O) groups is 1. The first-order valence-corrected chi connectivity index (χ1v) is 10.4. The molecule has 7 nitrogen and oxygen atoms in total. The first-order valence-electron chi connectivity index (χ1n) is 10.4. The molecule has 2 heterocycles. The molecule has 1 saturated heterocycles. The lowest BCUT2D eigenvalue weighted by Gasteiger charge is -2.17. The summed E-state index contributed by atoms with van der Waals surface area (Å²) in [6.45, 7) is 3.90. The average molecular weight is 457 g/mol. The Balaban J connectivity index is 1.38. The van der Waals surface area contributed by atoms with Crippen LogP contribution in [0.4, 0.5) is 36.3 Å². The van der Waals surface area contributed by atoms with Gasteiger partial charge in [-0.05, 0) is 68.3 Å². The van der Waals surface area contributed by atoms with Crippen molar-refractivity contribution in [2.75, 3.05) is 28.6 Å². The molecular weight excluding hydrogens is 435 g/mol. The molecule has 0 radical (unpaired) electrons. The molecule has 2 N–H and O–H groups in total. The topological polar surface area (TPSA) is 79.4 Å². The number of hydrogen-bond donors (Lipinski definition) is 2. The minimum atomic E-state index is -4.78. The molecule has 1 aliphatic rings. The molecule has 0 aliphatic carbocycles. The van der Waals surface area contributed by atoms with Crippen LogP contribution in [0.25, 0.3) is 0 Å². The molecule has 1 aromatic heterocycles. The molecule has 0 spiro atoms. The van der Waals surface area contributed by atoms with Gasteiger partial charge >= 0.3 is 6.36 Å². The van der Waals surface area contributed by atoms with Crippen LogP contribution in [0.5, 0.6) is 5.75 Å². The molecule has 1 aliphatic heterocycles. The van der Waals surface area contributed by atoms with Gasteiger partial charge < -0.3 is 20.3 Å². The van der Waals surface area contributed by atoms with E-state index in [1.807, 2.05) is 13.0 Å². The third kappa shape index (κ3) is 6.12. The van der Waals surface area contributed by atoms with Crippen LogP contribution in [0.1, 0.15) is 28.9 Å². The van der Waals surface area contributed by atoms with Crippen molar-refractivity contribution < 1.29 is 22.7 Å². The molecule has 1 amide bonds. The number of rotatable bonds is 6. The first-order chi connectivity index (χ1) is 15.7. The van der Waals surface area contributed by atoms with Crippen LogP contribution in [0.2, 0.25) is 0 Å². The van der Waals surface area contributed by atoms with Crippen LogP contribution in [-0.2, 0) is 0 Å². The number of nitrogens with zero attached hydrogens (tertiary/aromatic N) is 3. The smallest absolute Gasteiger partial charge is 0.406 e. The molecule has 2 aromatic carbocycles. The fourth-order valence-corrected chi connectivity index (χ4v) is 3.49. The minimum Gasteiger partial charge on any atom is -0.406 e. The van der Waals surface area contributed by atoms with Crippen molar-refractivity contribution in [3.8, 4) is 5.75 Å². The quantitative estimate of drug-likeness (QED) is 0.524. The highest BCUT2D eigenvalue weighted by atomic mass is 19.4. The van der Waals surface area contributed by atoms with Crippen LogP contribution < -0.4 is 20.3 Å². The molecule has 33 heavy (non-hydrogen) atoms. The van der Waals surface area contributed by atoms with Crippen LogP contribution >= 0.6 is 0 Å². The summed E-state index contributed by atoms with van der Waals surface area (Å²) >= 11 is 0. The maximum absolute atomic E-state index is 12.4. The first kappa shape index (κ1) is 22.4. The zero-order chi connectivity index (χ0) is 23.4. The van der Waals surface area contributed by atoms with Gasteiger partial charge in [0.25, 0.3) is 5.91 Å². The van der Waals surface area contributed by atoms with E-state index in [0.717, 1.165) is 55.3 Å². The summed E-state index contributed by atoms with van der Waals surface area (Å²) in [5.74, 6) is 0.556. The number of aromatic nitrogens is 2. The number of amides is 1. The Hall–Kier alpha value is -3.82. The van der Waals surface area contributed by atoms with Gasteiger partial charge in [0, 0.05) is 41.8 Å². The Kier molecular flexibility index (Phi) is 6.34. The Labute approximate surface area is 188 Å². The lowest BCUT2D eigenvalue weighted by Crippen LogP contribution is -2.19. The number of carbonyl (C=O) groups excluding carboxylic acids is 1. The number of benzene rings is 2. The second kappa shape index (κ2) is 9.35. The highest BCUT2D eigenvalue weighted by Gasteiger charge is 2.31. The van der Waals surface area contributed by atoms with Gasteiger partial charge in [0.05, 0.1) is 0 Å². The molecule has 0 atom stereocenters. The lowest BCUT2D eigenvalue weighted by atomic mass is 10.2. The van der Waals surface area contributed by atoms with Gasteiger partial charge in [0.1, 0.15) is 11.6 Å². The normalized spacial score (nSPS) is 13.6. The predicted molar refractivity (Wildman–Crippen MR) is 119 cm³/mol. The summed E-state index contributed by atoms with van der Waals surface area (Å²) in [5.41, 5.74) is 2.35. The fraction of sp³-hybridized carbons (Fsp3) is 0.261. The SMILES string of the molecule is Cc1cc(N2CCCC2)nc(Nc2ccc(NC(=O)c3ccc(OC(F)(F)F)cc3)cc2)n1. The molecule has 0 saturated carbocycles. The van der Waals surface area contributed by atoms with Crippen molar-refractivity contribution in [2.45, 2.75) is 26.1 Å². The van der Waals surface area contributed by atoms with E-state index in [4.69, 9.17) is 0 Å². The van der Waals surface area contributed by atoms with Crippen molar-refractivity contribution in [2.24, 2.45) is 0 Å². The van der Waals surface area contributed by atoms with Crippen LogP contribution in [0.15, 0.2) is 54.6 Å². The van der Waals surface area contributed by atoms with Gasteiger partial charge in [-0.25, -0.2) is 4.98 Å². The summed E-state index contributed by atoms with van der Waals surface area (Å²) in [6, 6.07) is 13.6. The summed E-state index contributed by atoms with van der Waals surface area (Å²) in [5, 5.41) is 5.88. The summed E-state index contributed by atoms with van der Waals surface area (Å²) in [4.78, 5) is 23.7. The van der Waals surface area contributed by atoms with Gasteiger partial charge in [-0.2, -0.15) is 4.98 Å². The van der Waals surface area contributed by atoms with Crippen molar-refractivity contribution in [3.05, 3.63) is 65.9 Å². The van der Waals surface area contributed by atoms with E-state index in [0.29, 0.717) is 11.6 Å². The number of hydrogen-bond acceptors (Lipinski definition) is 6. The Morgan fingerprint density at radius 1 is 0.970 bits per heavy atom. The van der Waals surface area contributed by atoms with Crippen molar-refractivity contribution in [3.63, 3.8) is 0 Å². The van der Waals surface area contributed by atoms with Gasteiger partial charge in [-0.3, -0.25) is 4.79 Å². The molecule has 1 fully saturated rings. The standard InChI is InChI=1S/C23H22F3N5O2/c1-15-14-20(31-12-2-3-13-31)30-22(27-15)29-18-8-6-17(7-9-18)28-21(32)16-4-10-19(11-5-16)33-23(24,25)26/h4-11,14H,2-3,12-13H2,1H3,(H,28,32)(H,27,29,30). The van der Waals surface area contributed by atoms with E-state index < -0.39 is 12.3 Å². The number of halogens is 3. The van der Waals surface area contributed by atoms with E-state index in [2.05, 4.69) is 30.2 Å². The summed E-state index contributed by atoms with van der Waals surface area (Å²) < 4.78 is 40.6. The van der Waals surface area contributed by atoms with E-state index >= 15 is 0 Å². The van der Waals surface area contributed by atoms with Crippen molar-refractivity contribution >= 4 is 29.0 Å². The maximum Gasteiger partial charge on any atom is 0.573 e. The van der Waals surface area contributed by atoms with Gasteiger partial charge in [-0.1, -0.05) is 0 Å². The number of ether oxygens (including phenoxy) is 1. The number of aryl methyl sites for hydroxylation is 1. The fourth-order valence-electron chi connectivity index (χ4n) is 3.49. The number of alkyl halides is 3. The Bertz CT molecular complexity index is 1110. The number of nitrogens with one attached hydrogen (secondary N) is 2. The van der Waals surface area contributed by atoms with Gasteiger partial charge in [-0.15, -0.1) is 13.2 Å². The maximum atomic E-state index is 12.4. The predicted octanol–water partition coefficient (Wildman–Crippen LogP) is 5.28. The van der Waals surface area contributed by atoms with Crippen molar-refractivity contribution in [1.82, 2.24) is 9.97 Å². The molecule has 10 heteroatoms. The van der Waals surface area contributed by atoms with Gasteiger partial charge in [0.2, 0.25) is 5.95 Å². The lowest BCUT2D eigenvalue weighted by molar-refractivity contribution is -0.274.